The lowest BCUT2D eigenvalue weighted by Crippen LogP contribution is -2.36. The second-order valence-corrected chi connectivity index (χ2v) is 6.18. The third kappa shape index (κ3) is 2.78. The van der Waals surface area contributed by atoms with E-state index in [1.54, 1.807) is 16.8 Å². The molecule has 118 valence electrons. The summed E-state index contributed by atoms with van der Waals surface area (Å²) in [5, 5.41) is 4.52. The van der Waals surface area contributed by atoms with Crippen molar-refractivity contribution in [3.8, 4) is 11.3 Å². The molecule has 0 unspecified atom stereocenters. The number of benzene rings is 2. The molecule has 3 nitrogen and oxygen atoms in total. The van der Waals surface area contributed by atoms with Crippen molar-refractivity contribution >= 4 is 12.4 Å². The lowest BCUT2D eigenvalue weighted by Gasteiger charge is -2.19. The minimum atomic E-state index is -0.276. The van der Waals surface area contributed by atoms with Gasteiger partial charge in [-0.15, -0.1) is 0 Å². The average molecular weight is 318 g/mol. The highest BCUT2D eigenvalue weighted by atomic mass is 19.1. The van der Waals surface area contributed by atoms with Gasteiger partial charge in [-0.25, -0.2) is 4.39 Å². The third-order valence-electron chi connectivity index (χ3n) is 4.56. The van der Waals surface area contributed by atoms with Crippen molar-refractivity contribution in [3.63, 3.8) is 0 Å². The number of halogens is 1. The Morgan fingerprint density at radius 1 is 1.08 bits per heavy atom. The molecule has 1 aliphatic heterocycles. The highest BCUT2D eigenvalue weighted by molar-refractivity contribution is 6.92. The van der Waals surface area contributed by atoms with E-state index in [1.807, 2.05) is 24.3 Å². The maximum atomic E-state index is 13.1. The van der Waals surface area contributed by atoms with Crippen LogP contribution in [0.5, 0.6) is 0 Å². The van der Waals surface area contributed by atoms with E-state index in [2.05, 4.69) is 17.2 Å². The number of carbonyl (C=O) groups is 1. The molecule has 24 heavy (non-hydrogen) atoms. The Morgan fingerprint density at radius 3 is 2.58 bits per heavy atom. The second-order valence-electron chi connectivity index (χ2n) is 6.18. The fraction of sp³-hybridized carbons (Fsp3) is 0.158. The molecule has 0 radical (unpaired) electrons. The summed E-state index contributed by atoms with van der Waals surface area (Å²) < 4.78 is 14.9. The van der Waals surface area contributed by atoms with E-state index in [0.29, 0.717) is 5.69 Å². The summed E-state index contributed by atoms with van der Waals surface area (Å²) in [5.41, 5.74) is 3.53. The number of hydrogen-bond acceptors (Lipinski definition) is 2. The van der Waals surface area contributed by atoms with E-state index < -0.39 is 0 Å². The van der Waals surface area contributed by atoms with Crippen LogP contribution in [0.4, 0.5) is 4.39 Å². The van der Waals surface area contributed by atoms with E-state index in [9.17, 15) is 9.18 Å². The molecule has 2 heterocycles. The van der Waals surface area contributed by atoms with Gasteiger partial charge in [-0.1, -0.05) is 35.9 Å². The number of nitrogens with zero attached hydrogens (tertiary/aromatic N) is 2. The van der Waals surface area contributed by atoms with Gasteiger partial charge in [0.2, 0.25) is 6.71 Å². The SMILES string of the molecule is O=C1B(Cc2ccccc2)CCn2nc(-c3ccc(F)cc3)cc21. The molecule has 0 spiro atoms. The molecule has 3 aromatic rings. The molecule has 0 atom stereocenters. The van der Waals surface area contributed by atoms with Gasteiger partial charge in [0, 0.05) is 12.1 Å². The van der Waals surface area contributed by atoms with E-state index in [1.165, 1.54) is 17.7 Å². The monoisotopic (exact) mass is 318 g/mol. The van der Waals surface area contributed by atoms with Crippen LogP contribution in [0.1, 0.15) is 16.1 Å². The molecule has 0 bridgehead atoms. The van der Waals surface area contributed by atoms with Gasteiger partial charge < -0.3 is 4.79 Å². The van der Waals surface area contributed by atoms with Gasteiger partial charge in [-0.05, 0) is 43.0 Å². The van der Waals surface area contributed by atoms with Gasteiger partial charge in [-0.2, -0.15) is 5.10 Å². The van der Waals surface area contributed by atoms with Crippen LogP contribution < -0.4 is 0 Å². The van der Waals surface area contributed by atoms with Crippen LogP contribution in [0.3, 0.4) is 0 Å². The predicted octanol–water partition coefficient (Wildman–Crippen LogP) is 3.70. The number of aromatic nitrogens is 2. The Labute approximate surface area is 140 Å². The number of aryl methyl sites for hydroxylation is 1. The zero-order valence-electron chi connectivity index (χ0n) is 13.2. The first kappa shape index (κ1) is 14.9. The number of hydrogen-bond donors (Lipinski definition) is 0. The highest BCUT2D eigenvalue weighted by Crippen LogP contribution is 2.24. The Bertz CT molecular complexity index is 874. The van der Waals surface area contributed by atoms with Crippen molar-refractivity contribution in [1.82, 2.24) is 9.78 Å². The maximum Gasteiger partial charge on any atom is 0.238 e. The maximum absolute atomic E-state index is 13.1. The molecule has 2 aromatic carbocycles. The van der Waals surface area contributed by atoms with Gasteiger partial charge in [0.05, 0.1) is 11.4 Å². The third-order valence-corrected chi connectivity index (χ3v) is 4.56. The smallest absolute Gasteiger partial charge is 0.238 e. The summed E-state index contributed by atoms with van der Waals surface area (Å²) >= 11 is 0. The van der Waals surface area contributed by atoms with Crippen molar-refractivity contribution in [2.75, 3.05) is 0 Å². The summed E-state index contributed by atoms with van der Waals surface area (Å²) in [6, 6.07) is 18.1. The fourth-order valence-electron chi connectivity index (χ4n) is 3.26. The van der Waals surface area contributed by atoms with Crippen molar-refractivity contribution in [3.05, 3.63) is 77.7 Å². The van der Waals surface area contributed by atoms with Crippen molar-refractivity contribution in [1.29, 1.82) is 0 Å². The number of fused-ring (bicyclic) bond motifs is 1. The summed E-state index contributed by atoms with van der Waals surface area (Å²) in [5.74, 6) is -0.276. The molecule has 4 rings (SSSR count). The normalized spacial score (nSPS) is 13.9. The average Bonchev–Trinajstić information content (AvgIpc) is 3.04. The molecule has 0 N–H and O–H groups in total. The predicted molar refractivity (Wildman–Crippen MR) is 92.7 cm³/mol. The van der Waals surface area contributed by atoms with Crippen LogP contribution in [-0.2, 0) is 12.9 Å². The van der Waals surface area contributed by atoms with Gasteiger partial charge in [-0.3, -0.25) is 4.68 Å². The number of rotatable bonds is 3. The summed E-state index contributed by atoms with van der Waals surface area (Å²) in [6.07, 6.45) is 1.56. The van der Waals surface area contributed by atoms with E-state index in [-0.39, 0.29) is 18.2 Å². The molecule has 0 aliphatic carbocycles. The first-order chi connectivity index (χ1) is 11.7. The second kappa shape index (κ2) is 6.08. The van der Waals surface area contributed by atoms with Gasteiger partial charge in [0.15, 0.2) is 0 Å². The molecule has 1 aliphatic rings. The van der Waals surface area contributed by atoms with Crippen LogP contribution in [-0.4, -0.2) is 22.2 Å². The fourth-order valence-corrected chi connectivity index (χ4v) is 3.26. The summed E-state index contributed by atoms with van der Waals surface area (Å²) in [4.78, 5) is 12.8. The molecular weight excluding hydrogens is 302 g/mol. The quantitative estimate of drug-likeness (QED) is 0.690. The molecule has 0 saturated carbocycles. The Hall–Kier alpha value is -2.69. The largest absolute Gasteiger partial charge is 0.304 e. The van der Waals surface area contributed by atoms with Gasteiger partial charge >= 0.3 is 0 Å². The first-order valence-corrected chi connectivity index (χ1v) is 8.12. The van der Waals surface area contributed by atoms with Crippen LogP contribution in [0.25, 0.3) is 11.3 Å². The first-order valence-electron chi connectivity index (χ1n) is 8.12. The van der Waals surface area contributed by atoms with E-state index in [0.717, 1.165) is 30.4 Å². The van der Waals surface area contributed by atoms with Crippen LogP contribution in [0.15, 0.2) is 60.7 Å². The lowest BCUT2D eigenvalue weighted by atomic mass is 9.39. The zero-order chi connectivity index (χ0) is 16.5. The minimum absolute atomic E-state index is 0.00216. The zero-order valence-corrected chi connectivity index (χ0v) is 13.2. The van der Waals surface area contributed by atoms with Crippen LogP contribution in [0.2, 0.25) is 6.32 Å². The van der Waals surface area contributed by atoms with Gasteiger partial charge in [0.1, 0.15) is 11.5 Å². The lowest BCUT2D eigenvalue weighted by molar-refractivity contribution is 0.105. The molecule has 0 amide bonds. The topological polar surface area (TPSA) is 34.9 Å². The Morgan fingerprint density at radius 2 is 1.83 bits per heavy atom. The van der Waals surface area contributed by atoms with E-state index >= 15 is 0 Å². The molecule has 0 saturated heterocycles. The van der Waals surface area contributed by atoms with E-state index in [4.69, 9.17) is 0 Å². The van der Waals surface area contributed by atoms with Gasteiger partial charge in [0.25, 0.3) is 0 Å². The minimum Gasteiger partial charge on any atom is -0.304 e. The van der Waals surface area contributed by atoms with Crippen molar-refractivity contribution in [2.24, 2.45) is 0 Å². The molecule has 1 aromatic heterocycles. The standard InChI is InChI=1S/C19H16BFN2O/c21-16-8-6-15(7-9-16)17-12-18-19(24)20(10-11-23(18)22-17)13-14-4-2-1-3-5-14/h1-9,12H,10-11,13H2. The summed E-state index contributed by atoms with van der Waals surface area (Å²) in [6.45, 7) is 0.734. The van der Waals surface area contributed by atoms with Crippen molar-refractivity contribution < 1.29 is 9.18 Å². The summed E-state index contributed by atoms with van der Waals surface area (Å²) in [7, 11) is 0. The molecular formula is C19H16BFN2O. The van der Waals surface area contributed by atoms with Crippen molar-refractivity contribution in [2.45, 2.75) is 19.2 Å². The van der Waals surface area contributed by atoms with Crippen LogP contribution in [0, 0.1) is 5.82 Å². The van der Waals surface area contributed by atoms with Crippen LogP contribution >= 0.6 is 0 Å². The molecule has 5 heteroatoms. The Kier molecular flexibility index (Phi) is 3.77. The molecule has 0 fully saturated rings. The Balaban J connectivity index is 1.60. The highest BCUT2D eigenvalue weighted by Gasteiger charge is 2.32. The number of carbonyl (C=O) groups excluding carboxylic acids is 1.